The van der Waals surface area contributed by atoms with Gasteiger partial charge in [-0.1, -0.05) is 24.1 Å². The SMILES string of the molecule is C/[N+]([O-])=C/c1ccccc1CC#CBr. The Morgan fingerprint density at radius 1 is 1.50 bits per heavy atom. The topological polar surface area (TPSA) is 26.1 Å². The Kier molecular flexibility index (Phi) is 4.21. The van der Waals surface area contributed by atoms with Crippen LogP contribution in [0, 0.1) is 16.0 Å². The maximum absolute atomic E-state index is 10.9. The van der Waals surface area contributed by atoms with Crippen LogP contribution in [0.3, 0.4) is 0 Å². The van der Waals surface area contributed by atoms with Gasteiger partial charge in [0.05, 0.1) is 0 Å². The van der Waals surface area contributed by atoms with Gasteiger partial charge in [-0.25, -0.2) is 4.74 Å². The largest absolute Gasteiger partial charge is 0.624 e. The molecule has 0 aliphatic heterocycles. The Labute approximate surface area is 92.0 Å². The van der Waals surface area contributed by atoms with Crippen LogP contribution >= 0.6 is 15.9 Å². The van der Waals surface area contributed by atoms with Crippen molar-refractivity contribution < 1.29 is 4.74 Å². The first-order chi connectivity index (χ1) is 6.74. The summed E-state index contributed by atoms with van der Waals surface area (Å²) >= 11 is 3.04. The smallest absolute Gasteiger partial charge is 0.181 e. The fourth-order valence-electron chi connectivity index (χ4n) is 1.15. The zero-order chi connectivity index (χ0) is 10.4. The zero-order valence-electron chi connectivity index (χ0n) is 7.83. The van der Waals surface area contributed by atoms with Gasteiger partial charge in [0.25, 0.3) is 0 Å². The highest BCUT2D eigenvalue weighted by molar-refractivity contribution is 9.12. The van der Waals surface area contributed by atoms with Crippen LogP contribution in [-0.2, 0) is 6.42 Å². The van der Waals surface area contributed by atoms with Gasteiger partial charge in [0, 0.05) is 27.9 Å². The molecule has 0 bridgehead atoms. The van der Waals surface area contributed by atoms with Crippen molar-refractivity contribution in [3.63, 3.8) is 0 Å². The van der Waals surface area contributed by atoms with Crippen LogP contribution in [0.15, 0.2) is 24.3 Å². The lowest BCUT2D eigenvalue weighted by molar-refractivity contribution is -0.416. The molecule has 0 saturated carbocycles. The molecule has 1 aromatic rings. The highest BCUT2D eigenvalue weighted by Crippen LogP contribution is 2.06. The molecule has 0 aromatic heterocycles. The van der Waals surface area contributed by atoms with E-state index >= 15 is 0 Å². The molecule has 3 heteroatoms. The number of benzene rings is 1. The zero-order valence-corrected chi connectivity index (χ0v) is 9.41. The van der Waals surface area contributed by atoms with Crippen LogP contribution in [0.4, 0.5) is 0 Å². The third kappa shape index (κ3) is 3.23. The van der Waals surface area contributed by atoms with Crippen LogP contribution in [0.25, 0.3) is 0 Å². The summed E-state index contributed by atoms with van der Waals surface area (Å²) in [6, 6.07) is 7.71. The predicted octanol–water partition coefficient (Wildman–Crippen LogP) is 2.14. The van der Waals surface area contributed by atoms with Crippen LogP contribution in [0.2, 0.25) is 0 Å². The minimum atomic E-state index is 0.645. The van der Waals surface area contributed by atoms with E-state index < -0.39 is 0 Å². The van der Waals surface area contributed by atoms with Crippen molar-refractivity contribution in [2.45, 2.75) is 6.42 Å². The number of rotatable bonds is 2. The molecule has 0 atom stereocenters. The molecule has 0 unspecified atom stereocenters. The van der Waals surface area contributed by atoms with Gasteiger partial charge in [-0.15, -0.1) is 0 Å². The van der Waals surface area contributed by atoms with E-state index in [4.69, 9.17) is 0 Å². The third-order valence-corrected chi connectivity index (χ3v) is 2.00. The summed E-state index contributed by atoms with van der Waals surface area (Å²) in [7, 11) is 1.47. The van der Waals surface area contributed by atoms with Crippen molar-refractivity contribution in [1.82, 2.24) is 0 Å². The lowest BCUT2D eigenvalue weighted by atomic mass is 10.1. The molecule has 14 heavy (non-hydrogen) atoms. The number of hydrogen-bond acceptors (Lipinski definition) is 1. The number of hydrogen-bond donors (Lipinski definition) is 0. The van der Waals surface area contributed by atoms with Gasteiger partial charge in [-0.3, -0.25) is 0 Å². The summed E-state index contributed by atoms with van der Waals surface area (Å²) in [6.45, 7) is 0. The van der Waals surface area contributed by atoms with Gasteiger partial charge < -0.3 is 5.21 Å². The van der Waals surface area contributed by atoms with Gasteiger partial charge in [-0.2, -0.15) is 0 Å². The van der Waals surface area contributed by atoms with E-state index in [9.17, 15) is 5.21 Å². The molecular formula is C11H10BrNO. The van der Waals surface area contributed by atoms with Crippen molar-refractivity contribution in [3.8, 4) is 10.8 Å². The van der Waals surface area contributed by atoms with Crippen LogP contribution in [0.1, 0.15) is 11.1 Å². The van der Waals surface area contributed by atoms with Crippen LogP contribution in [-0.4, -0.2) is 18.0 Å². The molecule has 0 heterocycles. The molecule has 72 valence electrons. The van der Waals surface area contributed by atoms with E-state index in [1.54, 1.807) is 6.21 Å². The average Bonchev–Trinajstić information content (AvgIpc) is 2.16. The summed E-state index contributed by atoms with van der Waals surface area (Å²) < 4.78 is 0.792. The van der Waals surface area contributed by atoms with Crippen LogP contribution in [0.5, 0.6) is 0 Å². The fourth-order valence-corrected chi connectivity index (χ4v) is 1.29. The Hall–Kier alpha value is -1.27. The van der Waals surface area contributed by atoms with Gasteiger partial charge in [0.1, 0.15) is 7.05 Å². The highest BCUT2D eigenvalue weighted by atomic mass is 79.9. The first kappa shape index (κ1) is 10.8. The molecule has 2 nitrogen and oxygen atoms in total. The van der Waals surface area contributed by atoms with E-state index in [0.717, 1.165) is 15.9 Å². The summed E-state index contributed by atoms with van der Waals surface area (Å²) in [5.74, 6) is 2.90. The fraction of sp³-hybridized carbons (Fsp3) is 0.182. The number of hydroxylamine groups is 1. The minimum Gasteiger partial charge on any atom is -0.624 e. The van der Waals surface area contributed by atoms with Crippen molar-refractivity contribution >= 4 is 22.1 Å². The lowest BCUT2D eigenvalue weighted by Gasteiger charge is -2.01. The van der Waals surface area contributed by atoms with Gasteiger partial charge in [0.15, 0.2) is 6.21 Å². The van der Waals surface area contributed by atoms with Crippen LogP contribution < -0.4 is 0 Å². The molecule has 0 fully saturated rings. The molecule has 0 aliphatic rings. The Bertz CT molecular complexity index is 397. The predicted molar refractivity (Wildman–Crippen MR) is 61.6 cm³/mol. The number of halogens is 1. The molecule has 1 rings (SSSR count). The third-order valence-electron chi connectivity index (χ3n) is 1.72. The first-order valence-electron chi connectivity index (χ1n) is 4.15. The van der Waals surface area contributed by atoms with E-state index in [2.05, 4.69) is 26.7 Å². The molecule has 0 radical (unpaired) electrons. The second-order valence-corrected chi connectivity index (χ2v) is 3.22. The van der Waals surface area contributed by atoms with Gasteiger partial charge in [0.2, 0.25) is 0 Å². The lowest BCUT2D eigenvalue weighted by Crippen LogP contribution is -2.00. The second kappa shape index (κ2) is 5.46. The summed E-state index contributed by atoms with van der Waals surface area (Å²) in [5.41, 5.74) is 1.97. The average molecular weight is 252 g/mol. The highest BCUT2D eigenvalue weighted by Gasteiger charge is 1.99. The molecule has 0 N–H and O–H groups in total. The van der Waals surface area contributed by atoms with E-state index in [0.29, 0.717) is 6.42 Å². The van der Waals surface area contributed by atoms with Crippen molar-refractivity contribution in [1.29, 1.82) is 0 Å². The molecule has 1 aromatic carbocycles. The van der Waals surface area contributed by atoms with E-state index in [-0.39, 0.29) is 0 Å². The summed E-state index contributed by atoms with van der Waals surface area (Å²) in [5, 5.41) is 10.9. The molecule has 0 aliphatic carbocycles. The number of nitrogens with zero attached hydrogens (tertiary/aromatic N) is 1. The van der Waals surface area contributed by atoms with Gasteiger partial charge in [-0.05, 0) is 16.5 Å². The van der Waals surface area contributed by atoms with Crippen molar-refractivity contribution in [3.05, 3.63) is 40.6 Å². The maximum atomic E-state index is 10.9. The second-order valence-electron chi connectivity index (χ2n) is 2.82. The monoisotopic (exact) mass is 251 g/mol. The van der Waals surface area contributed by atoms with Gasteiger partial charge >= 0.3 is 0 Å². The molecule has 0 amide bonds. The Morgan fingerprint density at radius 2 is 2.21 bits per heavy atom. The quantitative estimate of drug-likeness (QED) is 0.260. The Morgan fingerprint density at radius 3 is 2.86 bits per heavy atom. The van der Waals surface area contributed by atoms with Crippen molar-refractivity contribution in [2.24, 2.45) is 0 Å². The van der Waals surface area contributed by atoms with E-state index in [1.807, 2.05) is 24.3 Å². The normalized spacial score (nSPS) is 10.6. The summed E-state index contributed by atoms with van der Waals surface area (Å²) in [6.07, 6.45) is 2.19. The van der Waals surface area contributed by atoms with E-state index in [1.165, 1.54) is 7.05 Å². The maximum Gasteiger partial charge on any atom is 0.181 e. The Balaban J connectivity index is 3.01. The standard InChI is InChI=1S/C11H10BrNO/c1-13(14)9-11-6-3-2-5-10(11)7-4-8-12/h2-3,5-6,9H,7H2,1H3/b13-9-. The summed E-state index contributed by atoms with van der Waals surface area (Å²) in [4.78, 5) is 2.65. The molecule has 0 saturated heterocycles. The van der Waals surface area contributed by atoms with Crippen molar-refractivity contribution in [2.75, 3.05) is 7.05 Å². The minimum absolute atomic E-state index is 0.645. The molecular weight excluding hydrogens is 242 g/mol. The first-order valence-corrected chi connectivity index (χ1v) is 4.94. The molecule has 0 spiro atoms.